The Hall–Kier alpha value is -3.53. The van der Waals surface area contributed by atoms with Crippen molar-refractivity contribution in [3.63, 3.8) is 0 Å². The molecule has 0 N–H and O–H groups in total. The van der Waals surface area contributed by atoms with Crippen molar-refractivity contribution >= 4 is 10.1 Å². The van der Waals surface area contributed by atoms with Crippen LogP contribution in [0.1, 0.15) is 28.3 Å². The number of rotatable bonds is 6. The zero-order chi connectivity index (χ0) is 28.2. The number of hydrogen-bond donors (Lipinski definition) is 0. The fraction of sp³-hybridized carbons (Fsp3) is 0.200. The zero-order valence-corrected chi connectivity index (χ0v) is 21.7. The summed E-state index contributed by atoms with van der Waals surface area (Å²) in [7, 11) is -6.09. The maximum Gasteiger partial charge on any atom is 0.485 e. The molecule has 0 spiro atoms. The van der Waals surface area contributed by atoms with E-state index in [0.717, 1.165) is 12.1 Å². The van der Waals surface area contributed by atoms with Gasteiger partial charge in [-0.25, -0.2) is 12.8 Å². The van der Waals surface area contributed by atoms with E-state index in [2.05, 4.69) is 72.8 Å². The first-order valence-electron chi connectivity index (χ1n) is 12.2. The monoisotopic (exact) mass is 557 g/mol. The molecule has 0 unspecified atom stereocenters. The summed E-state index contributed by atoms with van der Waals surface area (Å²) in [5, 5.41) is 0. The maximum atomic E-state index is 16.2. The summed E-state index contributed by atoms with van der Waals surface area (Å²) in [6.07, 6.45) is 0. The lowest BCUT2D eigenvalue weighted by Crippen LogP contribution is -2.70. The second-order valence-electron chi connectivity index (χ2n) is 9.63. The zero-order valence-electron chi connectivity index (χ0n) is 20.8. The van der Waals surface area contributed by atoms with Crippen molar-refractivity contribution in [3.8, 4) is 0 Å². The number of alkyl halides is 4. The highest BCUT2D eigenvalue weighted by atomic mass is 32.2. The normalized spacial score (nSPS) is 21.0. The van der Waals surface area contributed by atoms with Crippen molar-refractivity contribution in [3.05, 3.63) is 144 Å². The summed E-state index contributed by atoms with van der Waals surface area (Å²) >= 11 is 0. The van der Waals surface area contributed by atoms with Crippen LogP contribution in [0.2, 0.25) is 0 Å². The van der Waals surface area contributed by atoms with Crippen molar-refractivity contribution in [1.82, 2.24) is 0 Å². The Morgan fingerprint density at radius 1 is 0.718 bits per heavy atom. The lowest BCUT2D eigenvalue weighted by Gasteiger charge is -2.57. The summed E-state index contributed by atoms with van der Waals surface area (Å²) in [6, 6.07) is 41.5. The summed E-state index contributed by atoms with van der Waals surface area (Å²) < 4.78 is 75.8. The third kappa shape index (κ3) is 6.55. The van der Waals surface area contributed by atoms with Gasteiger partial charge in [0.25, 0.3) is 0 Å². The number of halogens is 4. The number of quaternary nitrogens is 1. The van der Waals surface area contributed by atoms with E-state index in [-0.39, 0.29) is 6.04 Å². The molecule has 5 rings (SSSR count). The number of hydrogen-bond acceptors (Lipinski definition) is 3. The molecule has 0 aromatic heterocycles. The van der Waals surface area contributed by atoms with Gasteiger partial charge in [-0.15, -0.1) is 0 Å². The first kappa shape index (κ1) is 28.5. The third-order valence-electron chi connectivity index (χ3n) is 6.82. The lowest BCUT2D eigenvalue weighted by molar-refractivity contribution is -1.02. The quantitative estimate of drug-likeness (QED) is 0.114. The molecule has 1 saturated heterocycles. The van der Waals surface area contributed by atoms with Crippen LogP contribution in [0.4, 0.5) is 17.6 Å². The predicted octanol–water partition coefficient (Wildman–Crippen LogP) is 6.72. The Morgan fingerprint density at radius 3 is 1.46 bits per heavy atom. The van der Waals surface area contributed by atoms with E-state index in [1.165, 1.54) is 16.7 Å². The smallest absolute Gasteiger partial charge is 0.485 e. The standard InChI is InChI=1S/C29H27FN.CHF3O3S/c30-29(27-19-11-4-12-20-27)22-31(23-29,21-24-13-5-1-6-14-24)28(25-15-7-2-8-16-25)26-17-9-3-10-18-26;2-1(3,4)8(5,6)7/h1-20,28H,21-23H2;(H,5,6,7)/q+1;/p-1. The van der Waals surface area contributed by atoms with E-state index in [1.807, 2.05) is 48.5 Å². The molecule has 9 heteroatoms. The van der Waals surface area contributed by atoms with Gasteiger partial charge in [-0.1, -0.05) is 121 Å². The van der Waals surface area contributed by atoms with Crippen molar-refractivity contribution in [1.29, 1.82) is 0 Å². The van der Waals surface area contributed by atoms with Gasteiger partial charge in [-0.3, -0.25) is 0 Å². The summed E-state index contributed by atoms with van der Waals surface area (Å²) in [5.41, 5.74) is -2.45. The molecule has 4 aromatic carbocycles. The molecule has 0 aliphatic carbocycles. The van der Waals surface area contributed by atoms with Gasteiger partial charge < -0.3 is 9.04 Å². The largest absolute Gasteiger partial charge is 0.741 e. The van der Waals surface area contributed by atoms with E-state index >= 15 is 4.39 Å². The van der Waals surface area contributed by atoms with Crippen molar-refractivity contribution in [2.45, 2.75) is 23.8 Å². The minimum absolute atomic E-state index is 0.0789. The molecule has 1 aliphatic heterocycles. The van der Waals surface area contributed by atoms with Crippen LogP contribution in [-0.4, -0.2) is 36.1 Å². The van der Waals surface area contributed by atoms with Gasteiger partial charge in [0.05, 0.1) is 0 Å². The molecule has 0 bridgehead atoms. The van der Waals surface area contributed by atoms with Crippen LogP contribution in [-0.2, 0) is 22.3 Å². The van der Waals surface area contributed by atoms with Crippen molar-refractivity contribution < 1.29 is 35.0 Å². The van der Waals surface area contributed by atoms with E-state index in [4.69, 9.17) is 13.0 Å². The van der Waals surface area contributed by atoms with E-state index in [1.54, 1.807) is 0 Å². The molecular weight excluding hydrogens is 530 g/mol. The molecule has 0 amide bonds. The van der Waals surface area contributed by atoms with Gasteiger partial charge in [0.2, 0.25) is 5.67 Å². The Morgan fingerprint density at radius 2 is 1.08 bits per heavy atom. The first-order chi connectivity index (χ1) is 18.4. The Kier molecular flexibility index (Phi) is 8.25. The van der Waals surface area contributed by atoms with Crippen LogP contribution in [0.15, 0.2) is 121 Å². The summed E-state index contributed by atoms with van der Waals surface area (Å²) in [5.74, 6) is 0. The van der Waals surface area contributed by atoms with Crippen LogP contribution in [0.5, 0.6) is 0 Å². The molecule has 204 valence electrons. The summed E-state index contributed by atoms with van der Waals surface area (Å²) in [6.45, 7) is 1.72. The molecule has 4 nitrogen and oxygen atoms in total. The topological polar surface area (TPSA) is 57.2 Å². The molecule has 1 aliphatic rings. The van der Waals surface area contributed by atoms with Gasteiger partial charge in [0.1, 0.15) is 25.7 Å². The average Bonchev–Trinajstić information content (AvgIpc) is 2.89. The molecule has 4 aromatic rings. The van der Waals surface area contributed by atoms with Crippen LogP contribution in [0.3, 0.4) is 0 Å². The van der Waals surface area contributed by atoms with E-state index < -0.39 is 21.3 Å². The highest BCUT2D eigenvalue weighted by Gasteiger charge is 2.61. The fourth-order valence-corrected chi connectivity index (χ4v) is 5.30. The SMILES string of the molecule is FC1(c2ccccc2)C[N+](Cc2ccccc2)(C(c2ccccc2)c2ccccc2)C1.O=S(=O)([O-])C(F)(F)F. The Bertz CT molecular complexity index is 1400. The lowest BCUT2D eigenvalue weighted by atomic mass is 9.79. The number of likely N-dealkylation sites (tertiary alicyclic amines) is 1. The first-order valence-corrected chi connectivity index (χ1v) is 13.6. The number of benzene rings is 4. The molecular formula is C30H27F4NO3S. The van der Waals surface area contributed by atoms with E-state index in [9.17, 15) is 13.2 Å². The predicted molar refractivity (Wildman–Crippen MR) is 140 cm³/mol. The fourth-order valence-electron chi connectivity index (χ4n) is 5.30. The number of nitrogens with zero attached hydrogens (tertiary/aromatic N) is 1. The van der Waals surface area contributed by atoms with Gasteiger partial charge in [0.15, 0.2) is 10.1 Å². The van der Waals surface area contributed by atoms with Gasteiger partial charge in [-0.05, 0) is 0 Å². The summed E-state index contributed by atoms with van der Waals surface area (Å²) in [4.78, 5) is 0. The van der Waals surface area contributed by atoms with Gasteiger partial charge in [0, 0.05) is 22.3 Å². The molecule has 1 fully saturated rings. The van der Waals surface area contributed by atoms with Crippen LogP contribution in [0.25, 0.3) is 0 Å². The van der Waals surface area contributed by atoms with Crippen LogP contribution in [0, 0.1) is 0 Å². The van der Waals surface area contributed by atoms with Crippen LogP contribution >= 0.6 is 0 Å². The molecule has 0 saturated carbocycles. The van der Waals surface area contributed by atoms with E-state index in [0.29, 0.717) is 17.6 Å². The Labute approximate surface area is 225 Å². The van der Waals surface area contributed by atoms with Crippen molar-refractivity contribution in [2.75, 3.05) is 13.1 Å². The van der Waals surface area contributed by atoms with Gasteiger partial charge in [-0.2, -0.15) is 13.2 Å². The van der Waals surface area contributed by atoms with Gasteiger partial charge >= 0.3 is 5.51 Å². The molecule has 39 heavy (non-hydrogen) atoms. The highest BCUT2D eigenvalue weighted by Crippen LogP contribution is 2.50. The second-order valence-corrected chi connectivity index (χ2v) is 11.0. The molecule has 0 atom stereocenters. The average molecular weight is 558 g/mol. The Balaban J connectivity index is 0.000000386. The van der Waals surface area contributed by atoms with Crippen molar-refractivity contribution in [2.24, 2.45) is 0 Å². The maximum absolute atomic E-state index is 16.2. The minimum Gasteiger partial charge on any atom is -0.741 e. The molecule has 1 heterocycles. The third-order valence-corrected chi connectivity index (χ3v) is 7.39. The van der Waals surface area contributed by atoms with Crippen LogP contribution < -0.4 is 0 Å². The minimum atomic E-state index is -6.09. The highest BCUT2D eigenvalue weighted by molar-refractivity contribution is 7.86. The molecule has 0 radical (unpaired) electrons. The second kappa shape index (κ2) is 11.3.